The van der Waals surface area contributed by atoms with Crippen molar-refractivity contribution < 1.29 is 14.3 Å². The lowest BCUT2D eigenvalue weighted by atomic mass is 10.0. The lowest BCUT2D eigenvalue weighted by Crippen LogP contribution is -2.36. The summed E-state index contributed by atoms with van der Waals surface area (Å²) < 4.78 is 17.9. The van der Waals surface area contributed by atoms with Crippen LogP contribution in [-0.2, 0) is 0 Å². The van der Waals surface area contributed by atoms with E-state index in [1.165, 1.54) is 23.2 Å². The molecule has 0 unspecified atom stereocenters. The van der Waals surface area contributed by atoms with Crippen LogP contribution in [0.15, 0.2) is 47.4 Å². The van der Waals surface area contributed by atoms with Crippen LogP contribution in [-0.4, -0.2) is 47.1 Å². The number of likely N-dealkylation sites (tertiary alicyclic amines) is 1. The second kappa shape index (κ2) is 8.27. The third-order valence-electron chi connectivity index (χ3n) is 5.98. The van der Waals surface area contributed by atoms with Crippen LogP contribution in [0.2, 0.25) is 0 Å². The van der Waals surface area contributed by atoms with Crippen LogP contribution in [0.25, 0.3) is 26.7 Å². The van der Waals surface area contributed by atoms with E-state index in [-0.39, 0.29) is 11.5 Å². The summed E-state index contributed by atoms with van der Waals surface area (Å²) in [5.41, 5.74) is 0.201. The number of rotatable bonds is 4. The van der Waals surface area contributed by atoms with Gasteiger partial charge in [0.1, 0.15) is 0 Å². The van der Waals surface area contributed by atoms with Crippen molar-refractivity contribution >= 4 is 38.3 Å². The highest BCUT2D eigenvalue weighted by molar-refractivity contribution is 7.13. The number of hydrogen-bond acceptors (Lipinski definition) is 6. The number of carbonyl (C=O) groups is 1. The summed E-state index contributed by atoms with van der Waals surface area (Å²) in [5.74, 6) is 1.36. The molecule has 0 saturated carbocycles. The third kappa shape index (κ3) is 3.31. The smallest absolute Gasteiger partial charge is 0.264 e. The average molecular weight is 450 g/mol. The minimum atomic E-state index is -0.257. The van der Waals surface area contributed by atoms with Crippen LogP contribution in [0.1, 0.15) is 29.6 Å². The Kier molecular flexibility index (Phi) is 5.30. The van der Waals surface area contributed by atoms with E-state index >= 15 is 0 Å². The molecule has 3 heterocycles. The van der Waals surface area contributed by atoms with Gasteiger partial charge in [-0.2, -0.15) is 4.37 Å². The Morgan fingerprint density at radius 3 is 2.38 bits per heavy atom. The molecule has 0 radical (unpaired) electrons. The summed E-state index contributed by atoms with van der Waals surface area (Å²) in [4.78, 5) is 29.0. The van der Waals surface area contributed by atoms with E-state index in [9.17, 15) is 9.59 Å². The van der Waals surface area contributed by atoms with Crippen molar-refractivity contribution in [3.8, 4) is 17.3 Å². The number of piperidine rings is 1. The zero-order chi connectivity index (χ0) is 22.2. The Balaban J connectivity index is 1.81. The normalized spacial score (nSPS) is 14.1. The van der Waals surface area contributed by atoms with Gasteiger partial charge in [0.25, 0.3) is 11.5 Å². The van der Waals surface area contributed by atoms with Gasteiger partial charge in [-0.25, -0.2) is 0 Å². The average Bonchev–Trinajstić information content (AvgIpc) is 3.27. The Labute approximate surface area is 189 Å². The number of methoxy groups -OCH3 is 2. The van der Waals surface area contributed by atoms with Gasteiger partial charge in [-0.15, -0.1) is 0 Å². The van der Waals surface area contributed by atoms with Gasteiger partial charge in [0.15, 0.2) is 17.3 Å². The number of benzene rings is 2. The zero-order valence-electron chi connectivity index (χ0n) is 18.0. The van der Waals surface area contributed by atoms with Crippen LogP contribution >= 0.6 is 11.5 Å². The number of pyridine rings is 1. The number of hydrogen-bond donors (Lipinski definition) is 0. The van der Waals surface area contributed by atoms with E-state index in [0.717, 1.165) is 29.3 Å². The van der Waals surface area contributed by atoms with E-state index in [0.29, 0.717) is 46.7 Å². The summed E-state index contributed by atoms with van der Waals surface area (Å²) >= 11 is 1.33. The maximum absolute atomic E-state index is 13.6. The monoisotopic (exact) mass is 449 g/mol. The van der Waals surface area contributed by atoms with Gasteiger partial charge < -0.3 is 14.4 Å². The standard InChI is InChI=1S/C24H23N3O4S/c1-30-19-12-16-17(13-20(19)31-2)24(29)27(22-15-8-4-5-9-21(15)32-25-22)14-18(16)23(28)26-10-6-3-7-11-26/h4-5,8-9,12-14H,3,6-7,10-11H2,1-2H3. The molecule has 4 aromatic rings. The number of aromatic nitrogens is 2. The van der Waals surface area contributed by atoms with Gasteiger partial charge in [-0.1, -0.05) is 12.1 Å². The predicted molar refractivity (Wildman–Crippen MR) is 126 cm³/mol. The number of ether oxygens (including phenoxy) is 2. The van der Waals surface area contributed by atoms with E-state index in [1.807, 2.05) is 29.2 Å². The van der Waals surface area contributed by atoms with Crippen molar-refractivity contribution in [1.82, 2.24) is 13.8 Å². The van der Waals surface area contributed by atoms with Crippen molar-refractivity contribution in [2.45, 2.75) is 19.3 Å². The van der Waals surface area contributed by atoms with Crippen molar-refractivity contribution in [2.24, 2.45) is 0 Å². The van der Waals surface area contributed by atoms with Gasteiger partial charge in [0.05, 0.1) is 29.9 Å². The summed E-state index contributed by atoms with van der Waals surface area (Å²) in [6.07, 6.45) is 4.73. The SMILES string of the molecule is COc1cc2c(C(=O)N3CCCCC3)cn(-c3nsc4ccccc34)c(=O)c2cc1OC. The molecule has 2 aromatic heterocycles. The molecule has 0 atom stereocenters. The van der Waals surface area contributed by atoms with Gasteiger partial charge in [-0.05, 0) is 55.1 Å². The molecular formula is C24H23N3O4S. The maximum atomic E-state index is 13.6. The first-order valence-corrected chi connectivity index (χ1v) is 11.3. The molecule has 1 fully saturated rings. The molecule has 0 bridgehead atoms. The molecule has 1 saturated heterocycles. The second-order valence-electron chi connectivity index (χ2n) is 7.83. The van der Waals surface area contributed by atoms with Crippen molar-refractivity contribution in [1.29, 1.82) is 0 Å². The third-order valence-corrected chi connectivity index (χ3v) is 6.80. The van der Waals surface area contributed by atoms with E-state index in [2.05, 4.69) is 4.37 Å². The summed E-state index contributed by atoms with van der Waals surface area (Å²) in [5, 5.41) is 1.82. The predicted octanol–water partition coefficient (Wildman–Crippen LogP) is 4.24. The Morgan fingerprint density at radius 2 is 1.66 bits per heavy atom. The molecule has 7 nitrogen and oxygen atoms in total. The van der Waals surface area contributed by atoms with Gasteiger partial charge >= 0.3 is 0 Å². The largest absolute Gasteiger partial charge is 0.493 e. The first-order valence-electron chi connectivity index (χ1n) is 10.6. The van der Waals surface area contributed by atoms with Crippen molar-refractivity contribution in [3.05, 3.63) is 58.5 Å². The first-order chi connectivity index (χ1) is 15.6. The van der Waals surface area contributed by atoms with Crippen molar-refractivity contribution in [3.63, 3.8) is 0 Å². The fraction of sp³-hybridized carbons (Fsp3) is 0.292. The van der Waals surface area contributed by atoms with Gasteiger partial charge in [0.2, 0.25) is 0 Å². The number of carbonyl (C=O) groups excluding carboxylic acids is 1. The highest BCUT2D eigenvalue weighted by atomic mass is 32.1. The van der Waals surface area contributed by atoms with Crippen LogP contribution in [0, 0.1) is 0 Å². The first kappa shape index (κ1) is 20.5. The molecule has 0 N–H and O–H groups in total. The Bertz CT molecular complexity index is 1390. The Morgan fingerprint density at radius 1 is 0.969 bits per heavy atom. The molecular weight excluding hydrogens is 426 g/mol. The number of nitrogens with zero attached hydrogens (tertiary/aromatic N) is 3. The molecule has 1 aliphatic rings. The fourth-order valence-corrected chi connectivity index (χ4v) is 5.08. The highest BCUT2D eigenvalue weighted by Gasteiger charge is 2.24. The minimum Gasteiger partial charge on any atom is -0.493 e. The minimum absolute atomic E-state index is 0.0878. The lowest BCUT2D eigenvalue weighted by Gasteiger charge is -2.27. The second-order valence-corrected chi connectivity index (χ2v) is 8.63. The Hall–Kier alpha value is -3.39. The van der Waals surface area contributed by atoms with Crippen LogP contribution in [0.3, 0.4) is 0 Å². The molecule has 164 valence electrons. The molecule has 0 aliphatic carbocycles. The molecule has 1 amide bonds. The summed E-state index contributed by atoms with van der Waals surface area (Å²) in [7, 11) is 3.07. The van der Waals surface area contributed by atoms with Crippen LogP contribution < -0.4 is 15.0 Å². The van der Waals surface area contributed by atoms with Crippen molar-refractivity contribution in [2.75, 3.05) is 27.3 Å². The highest BCUT2D eigenvalue weighted by Crippen LogP contribution is 2.34. The summed E-state index contributed by atoms with van der Waals surface area (Å²) in [6.45, 7) is 1.43. The molecule has 2 aromatic carbocycles. The topological polar surface area (TPSA) is 73.7 Å². The quantitative estimate of drug-likeness (QED) is 0.466. The lowest BCUT2D eigenvalue weighted by molar-refractivity contribution is 0.0725. The number of amides is 1. The molecule has 1 aliphatic heterocycles. The molecule has 32 heavy (non-hydrogen) atoms. The van der Waals surface area contributed by atoms with Crippen LogP contribution in [0.4, 0.5) is 0 Å². The van der Waals surface area contributed by atoms with Gasteiger partial charge in [-0.3, -0.25) is 14.2 Å². The number of fused-ring (bicyclic) bond motifs is 2. The fourth-order valence-electron chi connectivity index (χ4n) is 4.31. The van der Waals surface area contributed by atoms with Crippen LogP contribution in [0.5, 0.6) is 11.5 Å². The summed E-state index contributed by atoms with van der Waals surface area (Å²) in [6, 6.07) is 11.1. The molecule has 8 heteroatoms. The molecule has 5 rings (SSSR count). The van der Waals surface area contributed by atoms with E-state index < -0.39 is 0 Å². The van der Waals surface area contributed by atoms with E-state index in [1.54, 1.807) is 25.4 Å². The van der Waals surface area contributed by atoms with E-state index in [4.69, 9.17) is 9.47 Å². The van der Waals surface area contributed by atoms with Gasteiger partial charge in [0, 0.05) is 30.1 Å². The molecule has 0 spiro atoms. The maximum Gasteiger partial charge on any atom is 0.264 e. The zero-order valence-corrected chi connectivity index (χ0v) is 18.8.